The summed E-state index contributed by atoms with van der Waals surface area (Å²) < 4.78 is 0. The highest BCUT2D eigenvalue weighted by Gasteiger charge is 2.04. The molecule has 1 aliphatic rings. The number of carbonyl (C=O) groups excluding carboxylic acids is 1. The summed E-state index contributed by atoms with van der Waals surface area (Å²) in [5.41, 5.74) is 1.54. The Bertz CT molecular complexity index is 233. The van der Waals surface area contributed by atoms with Crippen molar-refractivity contribution in [2.45, 2.75) is 64.7 Å². The van der Waals surface area contributed by atoms with Crippen molar-refractivity contribution in [1.29, 1.82) is 0 Å². The molecule has 92 valence electrons. The van der Waals surface area contributed by atoms with Gasteiger partial charge < -0.3 is 5.32 Å². The summed E-state index contributed by atoms with van der Waals surface area (Å²) in [4.78, 5) is 11.4. The van der Waals surface area contributed by atoms with E-state index in [0.717, 1.165) is 19.4 Å². The molecule has 1 rings (SSSR count). The van der Waals surface area contributed by atoms with Crippen molar-refractivity contribution in [3.8, 4) is 0 Å². The van der Waals surface area contributed by atoms with Crippen molar-refractivity contribution < 1.29 is 4.79 Å². The quantitative estimate of drug-likeness (QED) is 0.519. The third kappa shape index (κ3) is 5.94. The van der Waals surface area contributed by atoms with Crippen molar-refractivity contribution in [2.75, 3.05) is 6.54 Å². The maximum Gasteiger partial charge on any atom is 0.220 e. The van der Waals surface area contributed by atoms with Gasteiger partial charge in [-0.3, -0.25) is 4.79 Å². The first-order valence-electron chi connectivity index (χ1n) is 6.77. The molecular weight excluding hydrogens is 198 g/mol. The molecule has 0 saturated carbocycles. The minimum atomic E-state index is 0.227. The lowest BCUT2D eigenvalue weighted by molar-refractivity contribution is -0.121. The zero-order valence-corrected chi connectivity index (χ0v) is 10.6. The molecule has 2 heteroatoms. The lowest BCUT2D eigenvalue weighted by Crippen LogP contribution is -2.24. The number of unbranched alkanes of at least 4 members (excludes halogenated alkanes) is 2. The summed E-state index contributed by atoms with van der Waals surface area (Å²) in [7, 11) is 0. The maximum atomic E-state index is 11.4. The second-order valence-corrected chi connectivity index (χ2v) is 4.67. The van der Waals surface area contributed by atoms with Crippen LogP contribution in [0.3, 0.4) is 0 Å². The molecule has 0 heterocycles. The molecular formula is C14H25NO. The lowest BCUT2D eigenvalue weighted by atomic mass is 9.97. The molecule has 0 aromatic heterocycles. The SMILES string of the molecule is CCCCCC(=O)NCCC1=CCCCC1. The zero-order valence-electron chi connectivity index (χ0n) is 10.6. The number of allylic oxidation sites excluding steroid dienone is 1. The molecule has 0 unspecified atom stereocenters. The molecule has 1 aliphatic carbocycles. The topological polar surface area (TPSA) is 29.1 Å². The van der Waals surface area contributed by atoms with Gasteiger partial charge in [0.25, 0.3) is 0 Å². The largest absolute Gasteiger partial charge is 0.356 e. The predicted octanol–water partition coefficient (Wildman–Crippen LogP) is 3.57. The molecule has 0 aromatic rings. The van der Waals surface area contributed by atoms with Crippen LogP contribution in [0.25, 0.3) is 0 Å². The van der Waals surface area contributed by atoms with Crippen molar-refractivity contribution in [2.24, 2.45) is 0 Å². The molecule has 16 heavy (non-hydrogen) atoms. The van der Waals surface area contributed by atoms with Crippen molar-refractivity contribution in [1.82, 2.24) is 5.32 Å². The number of carbonyl (C=O) groups is 1. The fourth-order valence-corrected chi connectivity index (χ4v) is 2.12. The molecule has 0 atom stereocenters. The second-order valence-electron chi connectivity index (χ2n) is 4.67. The van der Waals surface area contributed by atoms with Gasteiger partial charge in [0.1, 0.15) is 0 Å². The van der Waals surface area contributed by atoms with Gasteiger partial charge in [0.05, 0.1) is 0 Å². The molecule has 1 amide bonds. The molecule has 0 radical (unpaired) electrons. The molecule has 0 fully saturated rings. The van der Waals surface area contributed by atoms with Crippen LogP contribution in [0.5, 0.6) is 0 Å². The van der Waals surface area contributed by atoms with Gasteiger partial charge in [0.2, 0.25) is 5.91 Å². The summed E-state index contributed by atoms with van der Waals surface area (Å²) >= 11 is 0. The number of amides is 1. The van der Waals surface area contributed by atoms with E-state index in [9.17, 15) is 4.79 Å². The van der Waals surface area contributed by atoms with E-state index < -0.39 is 0 Å². The van der Waals surface area contributed by atoms with E-state index in [0.29, 0.717) is 6.42 Å². The van der Waals surface area contributed by atoms with Crippen LogP contribution in [0.15, 0.2) is 11.6 Å². The number of hydrogen-bond acceptors (Lipinski definition) is 1. The first-order valence-corrected chi connectivity index (χ1v) is 6.77. The third-order valence-corrected chi connectivity index (χ3v) is 3.16. The Hall–Kier alpha value is -0.790. The van der Waals surface area contributed by atoms with Crippen LogP contribution in [0.1, 0.15) is 64.7 Å². The minimum Gasteiger partial charge on any atom is -0.356 e. The molecule has 0 aliphatic heterocycles. The normalized spacial score (nSPS) is 15.7. The fraction of sp³-hybridized carbons (Fsp3) is 0.786. The number of rotatable bonds is 7. The van der Waals surface area contributed by atoms with E-state index in [2.05, 4.69) is 18.3 Å². The van der Waals surface area contributed by atoms with Gasteiger partial charge in [-0.05, 0) is 38.5 Å². The molecule has 0 aromatic carbocycles. The Kier molecular flexibility index (Phi) is 6.95. The maximum absolute atomic E-state index is 11.4. The number of hydrogen-bond donors (Lipinski definition) is 1. The summed E-state index contributed by atoms with van der Waals surface area (Å²) in [5, 5.41) is 3.01. The molecule has 0 bridgehead atoms. The van der Waals surface area contributed by atoms with E-state index in [4.69, 9.17) is 0 Å². The Morgan fingerprint density at radius 1 is 1.38 bits per heavy atom. The predicted molar refractivity (Wildman–Crippen MR) is 68.3 cm³/mol. The summed E-state index contributed by atoms with van der Waals surface area (Å²) in [6, 6.07) is 0. The van der Waals surface area contributed by atoms with Crippen molar-refractivity contribution >= 4 is 5.91 Å². The monoisotopic (exact) mass is 223 g/mol. The van der Waals surface area contributed by atoms with Gasteiger partial charge >= 0.3 is 0 Å². The fourth-order valence-electron chi connectivity index (χ4n) is 2.12. The lowest BCUT2D eigenvalue weighted by Gasteiger charge is -2.12. The Balaban J connectivity index is 2.01. The van der Waals surface area contributed by atoms with Crippen molar-refractivity contribution in [3.05, 3.63) is 11.6 Å². The van der Waals surface area contributed by atoms with Crippen molar-refractivity contribution in [3.63, 3.8) is 0 Å². The van der Waals surface area contributed by atoms with Gasteiger partial charge in [-0.25, -0.2) is 0 Å². The zero-order chi connectivity index (χ0) is 11.6. The van der Waals surface area contributed by atoms with Crippen LogP contribution in [0, 0.1) is 0 Å². The van der Waals surface area contributed by atoms with Crippen LogP contribution in [-0.4, -0.2) is 12.5 Å². The summed E-state index contributed by atoms with van der Waals surface area (Å²) in [5.74, 6) is 0.227. The Morgan fingerprint density at radius 2 is 2.25 bits per heavy atom. The average molecular weight is 223 g/mol. The molecule has 0 spiro atoms. The van der Waals surface area contributed by atoms with Gasteiger partial charge in [0.15, 0.2) is 0 Å². The van der Waals surface area contributed by atoms with E-state index in [1.165, 1.54) is 38.5 Å². The standard InChI is InChI=1S/C14H25NO/c1-2-3-5-10-14(16)15-12-11-13-8-6-4-7-9-13/h8H,2-7,9-12H2,1H3,(H,15,16). The van der Waals surface area contributed by atoms with E-state index >= 15 is 0 Å². The van der Waals surface area contributed by atoms with Gasteiger partial charge in [0, 0.05) is 13.0 Å². The van der Waals surface area contributed by atoms with Crippen LogP contribution in [-0.2, 0) is 4.79 Å². The first-order chi connectivity index (χ1) is 7.83. The smallest absolute Gasteiger partial charge is 0.220 e. The van der Waals surface area contributed by atoms with Crippen LogP contribution in [0.2, 0.25) is 0 Å². The Morgan fingerprint density at radius 3 is 2.94 bits per heavy atom. The molecule has 2 nitrogen and oxygen atoms in total. The van der Waals surface area contributed by atoms with Crippen LogP contribution >= 0.6 is 0 Å². The van der Waals surface area contributed by atoms with E-state index in [1.807, 2.05) is 0 Å². The number of nitrogens with one attached hydrogen (secondary N) is 1. The highest BCUT2D eigenvalue weighted by atomic mass is 16.1. The average Bonchev–Trinajstić information content (AvgIpc) is 2.31. The van der Waals surface area contributed by atoms with E-state index in [1.54, 1.807) is 5.57 Å². The summed E-state index contributed by atoms with van der Waals surface area (Å²) in [6.07, 6.45) is 12.6. The van der Waals surface area contributed by atoms with E-state index in [-0.39, 0.29) is 5.91 Å². The van der Waals surface area contributed by atoms with Crippen LogP contribution in [0.4, 0.5) is 0 Å². The third-order valence-electron chi connectivity index (χ3n) is 3.16. The highest BCUT2D eigenvalue weighted by Crippen LogP contribution is 2.19. The van der Waals surface area contributed by atoms with Gasteiger partial charge in [-0.2, -0.15) is 0 Å². The molecule has 0 saturated heterocycles. The molecule has 1 N–H and O–H groups in total. The Labute approximate surface area is 99.5 Å². The minimum absolute atomic E-state index is 0.227. The van der Waals surface area contributed by atoms with Crippen LogP contribution < -0.4 is 5.32 Å². The second kappa shape index (κ2) is 8.37. The first kappa shape index (κ1) is 13.3. The summed E-state index contributed by atoms with van der Waals surface area (Å²) in [6.45, 7) is 2.99. The van der Waals surface area contributed by atoms with Gasteiger partial charge in [-0.15, -0.1) is 0 Å². The highest BCUT2D eigenvalue weighted by molar-refractivity contribution is 5.75. The van der Waals surface area contributed by atoms with Gasteiger partial charge in [-0.1, -0.05) is 31.4 Å².